The van der Waals surface area contributed by atoms with E-state index in [2.05, 4.69) is 10.5 Å². The van der Waals surface area contributed by atoms with Gasteiger partial charge in [0.25, 0.3) is 0 Å². The first-order valence-electron chi connectivity index (χ1n) is 10.2. The number of likely N-dealkylation sites (tertiary alicyclic amines) is 1. The van der Waals surface area contributed by atoms with Crippen LogP contribution in [0.4, 0.5) is 0 Å². The molecule has 1 aromatic heterocycles. The van der Waals surface area contributed by atoms with E-state index in [1.807, 2.05) is 48.2 Å². The fraction of sp³-hybridized carbons (Fsp3) is 0.500. The highest BCUT2D eigenvalue weighted by Crippen LogP contribution is 2.40. The molecular weight excluding hydrogens is 354 g/mol. The molecule has 2 aromatic rings. The lowest BCUT2D eigenvalue weighted by atomic mass is 9.88. The van der Waals surface area contributed by atoms with Crippen LogP contribution in [-0.2, 0) is 16.0 Å². The highest BCUT2D eigenvalue weighted by Gasteiger charge is 2.52. The number of carbonyl (C=O) groups is 2. The summed E-state index contributed by atoms with van der Waals surface area (Å²) in [5.41, 5.74) is 0.847. The maximum absolute atomic E-state index is 13.2. The molecule has 1 saturated heterocycles. The second-order valence-electron chi connectivity index (χ2n) is 7.88. The van der Waals surface area contributed by atoms with Crippen LogP contribution in [0.25, 0.3) is 11.3 Å². The van der Waals surface area contributed by atoms with Gasteiger partial charge in [0.05, 0.1) is 0 Å². The minimum absolute atomic E-state index is 0.0708. The third-order valence-electron chi connectivity index (χ3n) is 5.73. The summed E-state index contributed by atoms with van der Waals surface area (Å²) >= 11 is 0. The first-order chi connectivity index (χ1) is 13.6. The average Bonchev–Trinajstić information content (AvgIpc) is 3.33. The van der Waals surface area contributed by atoms with Crippen LogP contribution in [0.2, 0.25) is 0 Å². The fourth-order valence-electron chi connectivity index (χ4n) is 4.08. The Morgan fingerprint density at radius 3 is 2.79 bits per heavy atom. The molecule has 2 fully saturated rings. The molecule has 1 saturated carbocycles. The molecule has 4 rings (SSSR count). The van der Waals surface area contributed by atoms with Crippen LogP contribution in [0.5, 0.6) is 0 Å². The molecule has 2 heterocycles. The van der Waals surface area contributed by atoms with E-state index in [9.17, 15) is 9.59 Å². The van der Waals surface area contributed by atoms with Gasteiger partial charge in [-0.15, -0.1) is 0 Å². The van der Waals surface area contributed by atoms with Crippen molar-refractivity contribution in [1.29, 1.82) is 0 Å². The number of hydrogen-bond acceptors (Lipinski definition) is 4. The molecule has 28 heavy (non-hydrogen) atoms. The molecule has 6 nitrogen and oxygen atoms in total. The SMILES string of the molecule is CCCNC(=O)[C@@]1(Cc2cc(-c3ccccc3)no2)CCCN1C(=O)C1CC1. The first kappa shape index (κ1) is 18.7. The van der Waals surface area contributed by atoms with Crippen LogP contribution in [0, 0.1) is 5.92 Å². The van der Waals surface area contributed by atoms with Crippen molar-refractivity contribution in [3.8, 4) is 11.3 Å². The second kappa shape index (κ2) is 7.78. The van der Waals surface area contributed by atoms with Gasteiger partial charge in [-0.3, -0.25) is 9.59 Å². The van der Waals surface area contributed by atoms with Crippen LogP contribution in [0.1, 0.15) is 44.8 Å². The Morgan fingerprint density at radius 2 is 2.07 bits per heavy atom. The van der Waals surface area contributed by atoms with E-state index in [1.165, 1.54) is 0 Å². The third kappa shape index (κ3) is 3.55. The van der Waals surface area contributed by atoms with Gasteiger partial charge >= 0.3 is 0 Å². The molecule has 0 spiro atoms. The summed E-state index contributed by atoms with van der Waals surface area (Å²) in [5.74, 6) is 0.775. The van der Waals surface area contributed by atoms with E-state index in [1.54, 1.807) is 0 Å². The molecule has 0 unspecified atom stereocenters. The Bertz CT molecular complexity index is 844. The topological polar surface area (TPSA) is 75.4 Å². The molecule has 0 radical (unpaired) electrons. The van der Waals surface area contributed by atoms with Crippen molar-refractivity contribution in [2.45, 2.75) is 51.0 Å². The van der Waals surface area contributed by atoms with E-state index < -0.39 is 5.54 Å². The molecule has 1 N–H and O–H groups in total. The van der Waals surface area contributed by atoms with Gasteiger partial charge in [-0.1, -0.05) is 42.4 Å². The average molecular weight is 381 g/mol. The molecular formula is C22H27N3O3. The monoisotopic (exact) mass is 381 g/mol. The summed E-state index contributed by atoms with van der Waals surface area (Å²) in [6, 6.07) is 11.7. The summed E-state index contributed by atoms with van der Waals surface area (Å²) in [4.78, 5) is 27.9. The molecule has 148 valence electrons. The van der Waals surface area contributed by atoms with Gasteiger partial charge in [-0.05, 0) is 32.1 Å². The van der Waals surface area contributed by atoms with E-state index in [0.29, 0.717) is 31.7 Å². The van der Waals surface area contributed by atoms with Gasteiger partial charge < -0.3 is 14.7 Å². The Kier molecular flexibility index (Phi) is 5.20. The van der Waals surface area contributed by atoms with Gasteiger partial charge in [0.1, 0.15) is 17.0 Å². The number of nitrogens with one attached hydrogen (secondary N) is 1. The third-order valence-corrected chi connectivity index (χ3v) is 5.73. The van der Waals surface area contributed by atoms with Gasteiger partial charge in [0, 0.05) is 37.1 Å². The highest BCUT2D eigenvalue weighted by molar-refractivity contribution is 5.93. The van der Waals surface area contributed by atoms with Crippen molar-refractivity contribution < 1.29 is 14.1 Å². The minimum Gasteiger partial charge on any atom is -0.361 e. The van der Waals surface area contributed by atoms with Crippen LogP contribution in [0.15, 0.2) is 40.9 Å². The smallest absolute Gasteiger partial charge is 0.246 e. The molecule has 1 aliphatic heterocycles. The second-order valence-corrected chi connectivity index (χ2v) is 7.88. The minimum atomic E-state index is -0.873. The summed E-state index contributed by atoms with van der Waals surface area (Å²) in [6.07, 6.45) is 4.57. The molecule has 1 atom stereocenters. The predicted molar refractivity (Wildman–Crippen MR) is 105 cm³/mol. The van der Waals surface area contributed by atoms with Crippen molar-refractivity contribution in [3.05, 3.63) is 42.2 Å². The van der Waals surface area contributed by atoms with Crippen LogP contribution < -0.4 is 5.32 Å². The molecule has 2 amide bonds. The number of nitrogens with zero attached hydrogens (tertiary/aromatic N) is 2. The van der Waals surface area contributed by atoms with Crippen molar-refractivity contribution in [3.63, 3.8) is 0 Å². The number of carbonyl (C=O) groups excluding carboxylic acids is 2. The number of benzene rings is 1. The van der Waals surface area contributed by atoms with Gasteiger partial charge in [0.15, 0.2) is 0 Å². The van der Waals surface area contributed by atoms with E-state index in [4.69, 9.17) is 4.52 Å². The Hall–Kier alpha value is -2.63. The summed E-state index contributed by atoms with van der Waals surface area (Å²) in [6.45, 7) is 3.27. The summed E-state index contributed by atoms with van der Waals surface area (Å²) in [5, 5.41) is 7.21. The zero-order chi connectivity index (χ0) is 19.6. The molecule has 6 heteroatoms. The van der Waals surface area contributed by atoms with E-state index in [0.717, 1.165) is 36.9 Å². The van der Waals surface area contributed by atoms with Crippen LogP contribution >= 0.6 is 0 Å². The maximum Gasteiger partial charge on any atom is 0.246 e. The van der Waals surface area contributed by atoms with Gasteiger partial charge in [-0.2, -0.15) is 0 Å². The first-order valence-corrected chi connectivity index (χ1v) is 10.2. The lowest BCUT2D eigenvalue weighted by Crippen LogP contribution is -2.59. The zero-order valence-electron chi connectivity index (χ0n) is 16.3. The van der Waals surface area contributed by atoms with Crippen molar-refractivity contribution in [2.75, 3.05) is 13.1 Å². The van der Waals surface area contributed by atoms with Crippen LogP contribution in [-0.4, -0.2) is 40.5 Å². The molecule has 0 bridgehead atoms. The quantitative estimate of drug-likeness (QED) is 0.799. The zero-order valence-corrected chi connectivity index (χ0v) is 16.3. The fourth-order valence-corrected chi connectivity index (χ4v) is 4.08. The van der Waals surface area contributed by atoms with Gasteiger partial charge in [-0.25, -0.2) is 0 Å². The predicted octanol–water partition coefficient (Wildman–Crippen LogP) is 3.18. The molecule has 1 aliphatic carbocycles. The van der Waals surface area contributed by atoms with Crippen LogP contribution in [0.3, 0.4) is 0 Å². The van der Waals surface area contributed by atoms with Gasteiger partial charge in [0.2, 0.25) is 11.8 Å². The number of aromatic nitrogens is 1. The Labute approximate surface area is 165 Å². The summed E-state index contributed by atoms with van der Waals surface area (Å²) < 4.78 is 5.60. The lowest BCUT2D eigenvalue weighted by Gasteiger charge is -2.36. The number of hydrogen-bond donors (Lipinski definition) is 1. The van der Waals surface area contributed by atoms with Crippen molar-refractivity contribution in [2.24, 2.45) is 5.92 Å². The Morgan fingerprint density at radius 1 is 1.29 bits per heavy atom. The normalized spacial score (nSPS) is 21.7. The number of rotatable bonds is 7. The number of amides is 2. The standard InChI is InChI=1S/C22H27N3O3/c1-2-12-23-21(27)22(11-6-13-25(22)20(26)17-9-10-17)15-18-14-19(24-28-18)16-7-4-3-5-8-16/h3-5,7-8,14,17H,2,6,9-13,15H2,1H3,(H,23,27)/t22-/m0/s1. The maximum atomic E-state index is 13.2. The molecule has 2 aliphatic rings. The van der Waals surface area contributed by atoms with E-state index in [-0.39, 0.29) is 17.7 Å². The molecule has 1 aromatic carbocycles. The summed E-state index contributed by atoms with van der Waals surface area (Å²) in [7, 11) is 0. The van der Waals surface area contributed by atoms with Crippen molar-refractivity contribution in [1.82, 2.24) is 15.4 Å². The van der Waals surface area contributed by atoms with E-state index >= 15 is 0 Å². The largest absolute Gasteiger partial charge is 0.361 e. The van der Waals surface area contributed by atoms with Crippen molar-refractivity contribution >= 4 is 11.8 Å². The highest BCUT2D eigenvalue weighted by atomic mass is 16.5. The Balaban J connectivity index is 1.61. The lowest BCUT2D eigenvalue weighted by molar-refractivity contribution is -0.146.